The Morgan fingerprint density at radius 3 is 2.50 bits per heavy atom. The normalized spacial score (nSPS) is 12.0. The van der Waals surface area contributed by atoms with E-state index in [1.54, 1.807) is 11.9 Å². The SMILES string of the molecule is CCCC(=O)CCCC(=O)N1Cc2ccccc2-c2c(nnn2OCCC(=O)NC)-c2ccccc21. The van der Waals surface area contributed by atoms with E-state index in [-0.39, 0.29) is 37.0 Å². The van der Waals surface area contributed by atoms with Crippen molar-refractivity contribution >= 4 is 23.3 Å². The summed E-state index contributed by atoms with van der Waals surface area (Å²) < 4.78 is 0. The second-order valence-corrected chi connectivity index (χ2v) is 8.71. The number of fused-ring (bicyclic) bond motifs is 5. The van der Waals surface area contributed by atoms with Gasteiger partial charge in [0.25, 0.3) is 0 Å². The average Bonchev–Trinajstić information content (AvgIpc) is 3.29. The third-order valence-electron chi connectivity index (χ3n) is 6.19. The van der Waals surface area contributed by atoms with E-state index in [2.05, 4.69) is 15.6 Å². The third-order valence-corrected chi connectivity index (χ3v) is 6.19. The summed E-state index contributed by atoms with van der Waals surface area (Å²) in [5.41, 5.74) is 4.53. The Morgan fingerprint density at radius 1 is 0.972 bits per heavy atom. The van der Waals surface area contributed by atoms with Gasteiger partial charge in [0.05, 0.1) is 18.7 Å². The van der Waals surface area contributed by atoms with Crippen molar-refractivity contribution < 1.29 is 19.2 Å². The summed E-state index contributed by atoms with van der Waals surface area (Å²) in [5, 5.41) is 11.2. The van der Waals surface area contributed by atoms with Gasteiger partial charge in [-0.25, -0.2) is 0 Å². The summed E-state index contributed by atoms with van der Waals surface area (Å²) in [6.45, 7) is 2.48. The Hall–Kier alpha value is -4.01. The maximum absolute atomic E-state index is 13.4. The lowest BCUT2D eigenvalue weighted by molar-refractivity contribution is -0.122. The molecule has 2 amide bonds. The monoisotopic (exact) mass is 489 g/mol. The molecule has 0 saturated carbocycles. The van der Waals surface area contributed by atoms with Gasteiger partial charge >= 0.3 is 0 Å². The summed E-state index contributed by atoms with van der Waals surface area (Å²) in [6, 6.07) is 15.4. The zero-order valence-electron chi connectivity index (χ0n) is 20.7. The molecule has 1 aromatic heterocycles. The topological polar surface area (TPSA) is 106 Å². The summed E-state index contributed by atoms with van der Waals surface area (Å²) in [6.07, 6.45) is 2.79. The molecule has 0 radical (unpaired) electrons. The molecule has 9 nitrogen and oxygen atoms in total. The predicted octanol–water partition coefficient (Wildman–Crippen LogP) is 3.56. The lowest BCUT2D eigenvalue weighted by Gasteiger charge is -2.28. The van der Waals surface area contributed by atoms with Crippen LogP contribution in [-0.2, 0) is 20.9 Å². The number of amides is 2. The number of aromatic nitrogens is 3. The highest BCUT2D eigenvalue weighted by Crippen LogP contribution is 2.40. The minimum absolute atomic E-state index is 0.0424. The number of nitrogens with zero attached hydrogens (tertiary/aromatic N) is 4. The number of nitrogens with one attached hydrogen (secondary N) is 1. The van der Waals surface area contributed by atoms with Crippen LogP contribution in [0.25, 0.3) is 22.5 Å². The lowest BCUT2D eigenvalue weighted by atomic mass is 9.95. The Morgan fingerprint density at radius 2 is 1.72 bits per heavy atom. The van der Waals surface area contributed by atoms with Crippen LogP contribution in [0.3, 0.4) is 0 Å². The molecule has 0 atom stereocenters. The van der Waals surface area contributed by atoms with Crippen LogP contribution in [0.1, 0.15) is 51.0 Å². The smallest absolute Gasteiger partial charge is 0.227 e. The molecular weight excluding hydrogens is 458 g/mol. The van der Waals surface area contributed by atoms with Crippen molar-refractivity contribution in [3.8, 4) is 22.5 Å². The first-order chi connectivity index (χ1) is 17.5. The van der Waals surface area contributed by atoms with Gasteiger partial charge in [-0.3, -0.25) is 14.4 Å². The highest BCUT2D eigenvalue weighted by Gasteiger charge is 2.29. The van der Waals surface area contributed by atoms with Gasteiger partial charge in [-0.05, 0) is 29.7 Å². The van der Waals surface area contributed by atoms with E-state index in [0.29, 0.717) is 37.2 Å². The summed E-state index contributed by atoms with van der Waals surface area (Å²) in [7, 11) is 1.58. The molecule has 0 aliphatic carbocycles. The van der Waals surface area contributed by atoms with Crippen LogP contribution in [0.5, 0.6) is 0 Å². The van der Waals surface area contributed by atoms with Gasteiger partial charge in [-0.2, -0.15) is 0 Å². The molecule has 1 aliphatic heterocycles. The summed E-state index contributed by atoms with van der Waals surface area (Å²) in [5.74, 6) is 0.0231. The number of Topliss-reactive ketones (excluding diaryl/α,β-unsaturated/α-hetero) is 1. The van der Waals surface area contributed by atoms with Crippen LogP contribution in [-0.4, -0.2) is 46.4 Å². The van der Waals surface area contributed by atoms with Crippen molar-refractivity contribution in [3.63, 3.8) is 0 Å². The van der Waals surface area contributed by atoms with Crippen LogP contribution in [0.4, 0.5) is 5.69 Å². The maximum Gasteiger partial charge on any atom is 0.227 e. The molecular formula is C27H31N5O4. The quantitative estimate of drug-likeness (QED) is 0.467. The molecule has 9 heteroatoms. The van der Waals surface area contributed by atoms with E-state index in [1.807, 2.05) is 55.5 Å². The molecule has 0 bridgehead atoms. The van der Waals surface area contributed by atoms with Gasteiger partial charge in [-0.15, -0.1) is 5.10 Å². The van der Waals surface area contributed by atoms with E-state index >= 15 is 0 Å². The fourth-order valence-corrected chi connectivity index (χ4v) is 4.37. The zero-order valence-corrected chi connectivity index (χ0v) is 20.7. The van der Waals surface area contributed by atoms with Crippen LogP contribution in [0.2, 0.25) is 0 Å². The number of ketones is 1. The minimum Gasteiger partial charge on any atom is -0.394 e. The second kappa shape index (κ2) is 11.6. The summed E-state index contributed by atoms with van der Waals surface area (Å²) in [4.78, 5) is 46.0. The van der Waals surface area contributed by atoms with E-state index in [4.69, 9.17) is 4.84 Å². The molecule has 0 spiro atoms. The maximum atomic E-state index is 13.4. The fourth-order valence-electron chi connectivity index (χ4n) is 4.37. The molecule has 4 rings (SSSR count). The molecule has 0 fully saturated rings. The van der Waals surface area contributed by atoms with E-state index in [1.165, 1.54) is 4.85 Å². The standard InChI is InChI=1S/C27H31N5O4/c1-3-9-20(33)11-8-15-25(35)31-18-19-10-4-5-12-21(19)27-26(22-13-6-7-14-23(22)31)29-30-32(27)36-17-16-24(34)28-2/h4-7,10,12-14H,3,8-9,11,15-18H2,1-2H3,(H,28,34). The van der Waals surface area contributed by atoms with Gasteiger partial charge < -0.3 is 15.1 Å². The number of carbonyl (C=O) groups excluding carboxylic acids is 3. The first-order valence-corrected chi connectivity index (χ1v) is 12.3. The van der Waals surface area contributed by atoms with Crippen molar-refractivity contribution in [3.05, 3.63) is 54.1 Å². The van der Waals surface area contributed by atoms with Crippen molar-refractivity contribution in [1.29, 1.82) is 0 Å². The van der Waals surface area contributed by atoms with Crippen LogP contribution in [0, 0.1) is 0 Å². The summed E-state index contributed by atoms with van der Waals surface area (Å²) >= 11 is 0. The number of hydrogen-bond donors (Lipinski definition) is 1. The fraction of sp³-hybridized carbons (Fsp3) is 0.370. The van der Waals surface area contributed by atoms with Crippen molar-refractivity contribution in [2.75, 3.05) is 18.6 Å². The average molecular weight is 490 g/mol. The molecule has 188 valence electrons. The Labute approximate surface area is 210 Å². The predicted molar refractivity (Wildman–Crippen MR) is 136 cm³/mol. The minimum atomic E-state index is -0.130. The van der Waals surface area contributed by atoms with Crippen molar-refractivity contribution in [1.82, 2.24) is 20.5 Å². The molecule has 2 heterocycles. The number of carbonyl (C=O) groups is 3. The zero-order chi connectivity index (χ0) is 25.5. The van der Waals surface area contributed by atoms with E-state index < -0.39 is 0 Å². The number of rotatable bonds is 10. The molecule has 36 heavy (non-hydrogen) atoms. The van der Waals surface area contributed by atoms with Gasteiger partial charge in [0.1, 0.15) is 23.8 Å². The Balaban J connectivity index is 1.69. The van der Waals surface area contributed by atoms with Crippen LogP contribution < -0.4 is 15.1 Å². The third kappa shape index (κ3) is 5.45. The number of para-hydroxylation sites is 1. The molecule has 0 saturated heterocycles. The van der Waals surface area contributed by atoms with E-state index in [9.17, 15) is 14.4 Å². The van der Waals surface area contributed by atoms with Crippen LogP contribution in [0.15, 0.2) is 48.5 Å². The lowest BCUT2D eigenvalue weighted by Crippen LogP contribution is -2.32. The molecule has 3 aromatic rings. The van der Waals surface area contributed by atoms with Gasteiger partial charge in [0, 0.05) is 37.4 Å². The largest absolute Gasteiger partial charge is 0.394 e. The Kier molecular flexibility index (Phi) is 8.10. The highest BCUT2D eigenvalue weighted by molar-refractivity contribution is 6.00. The second-order valence-electron chi connectivity index (χ2n) is 8.71. The molecule has 2 aromatic carbocycles. The number of benzene rings is 2. The number of anilines is 1. The first kappa shape index (κ1) is 25.1. The number of hydrogen-bond acceptors (Lipinski definition) is 6. The molecule has 1 aliphatic rings. The highest BCUT2D eigenvalue weighted by atomic mass is 16.7. The van der Waals surface area contributed by atoms with Gasteiger partial charge in [-0.1, -0.05) is 54.2 Å². The van der Waals surface area contributed by atoms with Crippen LogP contribution >= 0.6 is 0 Å². The Bertz CT molecular complexity index is 1250. The van der Waals surface area contributed by atoms with E-state index in [0.717, 1.165) is 28.8 Å². The molecule has 0 unspecified atom stereocenters. The van der Waals surface area contributed by atoms with Crippen molar-refractivity contribution in [2.45, 2.75) is 52.0 Å². The first-order valence-electron chi connectivity index (χ1n) is 12.3. The molecule has 1 N–H and O–H groups in total. The van der Waals surface area contributed by atoms with Gasteiger partial charge in [0.15, 0.2) is 0 Å². The van der Waals surface area contributed by atoms with Gasteiger partial charge in [0.2, 0.25) is 11.8 Å². The van der Waals surface area contributed by atoms with Crippen molar-refractivity contribution in [2.24, 2.45) is 0 Å².